The van der Waals surface area contributed by atoms with Crippen molar-refractivity contribution in [2.45, 2.75) is 57.0 Å². The van der Waals surface area contributed by atoms with E-state index in [2.05, 4.69) is 22.0 Å². The zero-order chi connectivity index (χ0) is 30.8. The molecule has 0 saturated carbocycles. The van der Waals surface area contributed by atoms with Crippen molar-refractivity contribution in [3.8, 4) is 5.75 Å². The minimum Gasteiger partial charge on any atom is -0.497 e. The molecule has 0 bridgehead atoms. The van der Waals surface area contributed by atoms with E-state index in [-0.39, 0.29) is 11.7 Å². The van der Waals surface area contributed by atoms with E-state index in [0.29, 0.717) is 6.61 Å². The number of aryl methyl sites for hydroxylation is 1. The number of benzene rings is 1. The van der Waals surface area contributed by atoms with Crippen molar-refractivity contribution in [3.05, 3.63) is 59.4 Å². The first-order chi connectivity index (χ1) is 19.0. The lowest BCUT2D eigenvalue weighted by Crippen LogP contribution is -2.65. The highest BCUT2D eigenvalue weighted by Gasteiger charge is 2.47. The quantitative estimate of drug-likeness (QED) is 0.461. The molecule has 1 aromatic carbocycles. The maximum absolute atomic E-state index is 10.6. The van der Waals surface area contributed by atoms with Crippen molar-refractivity contribution in [1.82, 2.24) is 9.88 Å². The van der Waals surface area contributed by atoms with E-state index < -0.39 is 24.3 Å². The SMILES string of the molecule is COc1ccc(CN2CC3(CC(OCc4cccc(C)n4)CCO3)C2)cc1.O=C(O)C(F)(F)F.O=C(O)C(F)(F)F. The number of carboxylic acid groups (broad SMARTS) is 2. The molecule has 0 radical (unpaired) electrons. The molecule has 41 heavy (non-hydrogen) atoms. The average molecular weight is 597 g/mol. The van der Waals surface area contributed by atoms with Crippen molar-refractivity contribution >= 4 is 11.9 Å². The third-order valence-corrected chi connectivity index (χ3v) is 5.93. The number of hydrogen-bond acceptors (Lipinski definition) is 7. The first kappa shape index (κ1) is 33.8. The molecule has 2 aliphatic heterocycles. The average Bonchev–Trinajstić information content (AvgIpc) is 2.87. The second-order valence-electron chi connectivity index (χ2n) is 9.33. The standard InChI is InChI=1S/C22H28N2O3.2C2HF3O2/c1-17-4-3-5-19(23-17)14-26-21-10-11-27-22(12-21)15-24(16-22)13-18-6-8-20(25-2)9-7-18;2*3-2(4,5)1(6)7/h3-9,21H,10-16H2,1-2H3;2*(H,6,7). The lowest BCUT2D eigenvalue weighted by molar-refractivity contribution is -0.200. The van der Waals surface area contributed by atoms with E-state index in [9.17, 15) is 26.3 Å². The van der Waals surface area contributed by atoms with E-state index in [1.165, 1.54) is 5.56 Å². The Hall–Kier alpha value is -3.43. The molecule has 2 aromatic rings. The van der Waals surface area contributed by atoms with Crippen LogP contribution in [0.5, 0.6) is 5.75 Å². The predicted molar refractivity (Wildman–Crippen MR) is 131 cm³/mol. The number of rotatable bonds is 6. The number of likely N-dealkylation sites (tertiary alicyclic amines) is 1. The van der Waals surface area contributed by atoms with Gasteiger partial charge in [0.15, 0.2) is 0 Å². The van der Waals surface area contributed by atoms with E-state index in [1.807, 2.05) is 37.3 Å². The molecule has 3 heterocycles. The van der Waals surface area contributed by atoms with Crippen molar-refractivity contribution in [2.75, 3.05) is 26.8 Å². The Morgan fingerprint density at radius 2 is 1.59 bits per heavy atom. The minimum atomic E-state index is -5.08. The number of aromatic nitrogens is 1. The third-order valence-electron chi connectivity index (χ3n) is 5.93. The first-order valence-corrected chi connectivity index (χ1v) is 12.2. The lowest BCUT2D eigenvalue weighted by atomic mass is 9.84. The number of alkyl halides is 6. The summed E-state index contributed by atoms with van der Waals surface area (Å²) in [6.45, 7) is 6.27. The summed E-state index contributed by atoms with van der Waals surface area (Å²) >= 11 is 0. The van der Waals surface area contributed by atoms with Gasteiger partial charge in [0.2, 0.25) is 0 Å². The maximum atomic E-state index is 10.6. The number of hydrogen-bond donors (Lipinski definition) is 2. The summed E-state index contributed by atoms with van der Waals surface area (Å²) in [7, 11) is 1.70. The zero-order valence-electron chi connectivity index (χ0n) is 22.2. The summed E-state index contributed by atoms with van der Waals surface area (Å²) in [6.07, 6.45) is -7.98. The van der Waals surface area contributed by atoms with Gasteiger partial charge in [0, 0.05) is 38.4 Å². The molecule has 1 atom stereocenters. The molecule has 2 aliphatic rings. The van der Waals surface area contributed by atoms with Crippen LogP contribution in [0.25, 0.3) is 0 Å². The van der Waals surface area contributed by atoms with Crippen LogP contribution >= 0.6 is 0 Å². The Bertz CT molecular complexity index is 1110. The monoisotopic (exact) mass is 596 g/mol. The largest absolute Gasteiger partial charge is 0.497 e. The van der Waals surface area contributed by atoms with Gasteiger partial charge in [-0.3, -0.25) is 9.88 Å². The smallest absolute Gasteiger partial charge is 0.490 e. The van der Waals surface area contributed by atoms with Crippen LogP contribution in [-0.4, -0.2) is 82.9 Å². The van der Waals surface area contributed by atoms with Gasteiger partial charge in [-0.05, 0) is 43.2 Å². The Morgan fingerprint density at radius 3 is 2.07 bits per heavy atom. The number of halogens is 6. The van der Waals surface area contributed by atoms with Gasteiger partial charge in [-0.25, -0.2) is 9.59 Å². The summed E-state index contributed by atoms with van der Waals surface area (Å²) in [6, 6.07) is 14.4. The second kappa shape index (κ2) is 14.5. The summed E-state index contributed by atoms with van der Waals surface area (Å²) in [5, 5.41) is 14.2. The van der Waals surface area contributed by atoms with Gasteiger partial charge in [0.1, 0.15) is 5.75 Å². The van der Waals surface area contributed by atoms with Crippen LogP contribution in [0.15, 0.2) is 42.5 Å². The normalized spacial score (nSPS) is 18.2. The molecule has 0 amide bonds. The van der Waals surface area contributed by atoms with Gasteiger partial charge in [0.05, 0.1) is 31.1 Å². The van der Waals surface area contributed by atoms with E-state index in [0.717, 1.165) is 56.2 Å². The van der Waals surface area contributed by atoms with Crippen LogP contribution in [0.2, 0.25) is 0 Å². The second-order valence-corrected chi connectivity index (χ2v) is 9.33. The van der Waals surface area contributed by atoms with Crippen LogP contribution in [-0.2, 0) is 32.2 Å². The fraction of sp³-hybridized carbons (Fsp3) is 0.500. The minimum absolute atomic E-state index is 0.0323. The Balaban J connectivity index is 0.000000349. The first-order valence-electron chi connectivity index (χ1n) is 12.2. The number of methoxy groups -OCH3 is 1. The van der Waals surface area contributed by atoms with Gasteiger partial charge < -0.3 is 24.4 Å². The van der Waals surface area contributed by atoms with Gasteiger partial charge in [-0.2, -0.15) is 26.3 Å². The molecule has 4 rings (SSSR count). The molecule has 9 nitrogen and oxygen atoms in total. The van der Waals surface area contributed by atoms with Crippen LogP contribution in [0, 0.1) is 6.92 Å². The Morgan fingerprint density at radius 1 is 1.02 bits per heavy atom. The topological polar surface area (TPSA) is 118 Å². The van der Waals surface area contributed by atoms with Gasteiger partial charge in [-0.1, -0.05) is 18.2 Å². The molecule has 1 unspecified atom stereocenters. The van der Waals surface area contributed by atoms with Crippen LogP contribution < -0.4 is 4.74 Å². The summed E-state index contributed by atoms with van der Waals surface area (Å²) in [5.41, 5.74) is 3.31. The van der Waals surface area contributed by atoms with Crippen LogP contribution in [0.4, 0.5) is 26.3 Å². The third kappa shape index (κ3) is 11.5. The van der Waals surface area contributed by atoms with Crippen molar-refractivity contribution in [3.63, 3.8) is 0 Å². The van der Waals surface area contributed by atoms with Crippen LogP contribution in [0.1, 0.15) is 29.8 Å². The summed E-state index contributed by atoms with van der Waals surface area (Å²) < 4.78 is 81.0. The molecule has 2 fully saturated rings. The highest BCUT2D eigenvalue weighted by atomic mass is 19.4. The molecule has 1 aromatic heterocycles. The Labute approximate surface area is 231 Å². The maximum Gasteiger partial charge on any atom is 0.490 e. The molecule has 1 spiro atoms. The van der Waals surface area contributed by atoms with Crippen molar-refractivity contribution < 1.29 is 60.4 Å². The van der Waals surface area contributed by atoms with Crippen molar-refractivity contribution in [2.24, 2.45) is 0 Å². The highest BCUT2D eigenvalue weighted by molar-refractivity contribution is 5.73. The molecule has 0 aliphatic carbocycles. The molecule has 15 heteroatoms. The number of aliphatic carboxylic acids is 2. The zero-order valence-corrected chi connectivity index (χ0v) is 22.2. The number of carboxylic acids is 2. The fourth-order valence-electron chi connectivity index (χ4n) is 4.10. The van der Waals surface area contributed by atoms with Gasteiger partial charge in [-0.15, -0.1) is 0 Å². The molecule has 2 N–H and O–H groups in total. The van der Waals surface area contributed by atoms with E-state index in [4.69, 9.17) is 34.0 Å². The molecule has 2 saturated heterocycles. The number of ether oxygens (including phenoxy) is 3. The molecule has 228 valence electrons. The van der Waals surface area contributed by atoms with E-state index >= 15 is 0 Å². The number of carbonyl (C=O) groups is 2. The van der Waals surface area contributed by atoms with Crippen molar-refractivity contribution in [1.29, 1.82) is 0 Å². The highest BCUT2D eigenvalue weighted by Crippen LogP contribution is 2.36. The van der Waals surface area contributed by atoms with Gasteiger partial charge in [0.25, 0.3) is 0 Å². The lowest BCUT2D eigenvalue weighted by Gasteiger charge is -2.53. The number of nitrogens with zero attached hydrogens (tertiary/aromatic N) is 2. The summed E-state index contributed by atoms with van der Waals surface area (Å²) in [4.78, 5) is 24.8. The van der Waals surface area contributed by atoms with Crippen LogP contribution in [0.3, 0.4) is 0 Å². The fourth-order valence-corrected chi connectivity index (χ4v) is 4.10. The number of pyridine rings is 1. The summed E-state index contributed by atoms with van der Waals surface area (Å²) in [5.74, 6) is -4.61. The van der Waals surface area contributed by atoms with E-state index in [1.54, 1.807) is 7.11 Å². The Kier molecular flexibility index (Phi) is 11.9. The molecular weight excluding hydrogens is 566 g/mol. The van der Waals surface area contributed by atoms with Gasteiger partial charge >= 0.3 is 24.3 Å². The molecular formula is C26H30F6N2O7. The predicted octanol–water partition coefficient (Wildman–Crippen LogP) is 4.62.